The van der Waals surface area contributed by atoms with Crippen molar-refractivity contribution in [1.29, 1.82) is 0 Å². The molecule has 0 spiro atoms. The molecule has 27 heavy (non-hydrogen) atoms. The van der Waals surface area contributed by atoms with Gasteiger partial charge in [-0.2, -0.15) is 4.98 Å². The molecule has 1 fully saturated rings. The van der Waals surface area contributed by atoms with Crippen molar-refractivity contribution in [3.8, 4) is 11.1 Å². The molecular weight excluding hydrogens is 376 g/mol. The lowest BCUT2D eigenvalue weighted by Crippen LogP contribution is -2.40. The number of para-hydroxylation sites is 1. The van der Waals surface area contributed by atoms with Crippen LogP contribution in [0.1, 0.15) is 5.56 Å². The number of nitrogen functional groups attached to an aromatic ring is 1. The van der Waals surface area contributed by atoms with Gasteiger partial charge in [-0.3, -0.25) is 4.90 Å². The molecule has 9 heteroatoms. The molecule has 2 heterocycles. The van der Waals surface area contributed by atoms with E-state index in [1.54, 1.807) is 23.1 Å². The smallest absolute Gasteiger partial charge is 0.293 e. The van der Waals surface area contributed by atoms with Gasteiger partial charge in [-0.05, 0) is 23.8 Å². The van der Waals surface area contributed by atoms with Crippen molar-refractivity contribution in [3.63, 3.8) is 0 Å². The monoisotopic (exact) mass is 393 g/mol. The molecule has 2 N–H and O–H groups in total. The fourth-order valence-corrected chi connectivity index (χ4v) is 4.51. The highest BCUT2D eigenvalue weighted by Crippen LogP contribution is 2.32. The van der Waals surface area contributed by atoms with Crippen LogP contribution < -0.4 is 5.73 Å². The maximum absolute atomic E-state index is 14.7. The second-order valence-electron chi connectivity index (χ2n) is 6.55. The first-order valence-corrected chi connectivity index (χ1v) is 10.2. The molecule has 1 aliphatic rings. The predicted molar refractivity (Wildman–Crippen MR) is 97.7 cm³/mol. The summed E-state index contributed by atoms with van der Waals surface area (Å²) in [7, 11) is -3.05. The first-order valence-electron chi connectivity index (χ1n) is 8.38. The summed E-state index contributed by atoms with van der Waals surface area (Å²) in [4.78, 5) is 5.75. The molecule has 0 radical (unpaired) electrons. The number of benzene rings is 2. The maximum Gasteiger partial charge on any atom is 0.293 e. The summed E-state index contributed by atoms with van der Waals surface area (Å²) >= 11 is 0. The number of fused-ring (bicyclic) bond motifs is 1. The lowest BCUT2D eigenvalue weighted by atomic mass is 10.0. The fourth-order valence-electron chi connectivity index (χ4n) is 3.24. The normalized spacial score (nSPS) is 17.4. The van der Waals surface area contributed by atoms with E-state index < -0.39 is 21.5 Å². The predicted octanol–water partition coefficient (Wildman–Crippen LogP) is 2.59. The van der Waals surface area contributed by atoms with Gasteiger partial charge in [0.15, 0.2) is 15.4 Å². The van der Waals surface area contributed by atoms with Gasteiger partial charge in [0.05, 0.1) is 11.5 Å². The van der Waals surface area contributed by atoms with Gasteiger partial charge < -0.3 is 10.2 Å². The lowest BCUT2D eigenvalue weighted by molar-refractivity contribution is 0.278. The van der Waals surface area contributed by atoms with Gasteiger partial charge in [-0.1, -0.05) is 12.1 Å². The van der Waals surface area contributed by atoms with Crippen LogP contribution in [0, 0.1) is 11.6 Å². The molecule has 0 atom stereocenters. The van der Waals surface area contributed by atoms with Crippen molar-refractivity contribution >= 4 is 27.0 Å². The summed E-state index contributed by atoms with van der Waals surface area (Å²) in [6.45, 7) is 0.548. The maximum atomic E-state index is 14.7. The number of sulfone groups is 1. The summed E-state index contributed by atoms with van der Waals surface area (Å²) < 4.78 is 57.7. The van der Waals surface area contributed by atoms with E-state index in [4.69, 9.17) is 10.2 Å². The highest BCUT2D eigenvalue weighted by atomic mass is 32.2. The summed E-state index contributed by atoms with van der Waals surface area (Å²) in [5.41, 5.74) is 7.16. The number of anilines is 1. The minimum atomic E-state index is -3.05. The molecule has 0 aliphatic carbocycles. The molecule has 2 aromatic carbocycles. The average Bonchev–Trinajstić information content (AvgIpc) is 2.99. The number of halogens is 2. The van der Waals surface area contributed by atoms with Gasteiger partial charge in [0.1, 0.15) is 17.2 Å². The number of aromatic nitrogens is 1. The number of nitrogens with zero attached hydrogens (tertiary/aromatic N) is 2. The molecule has 1 aliphatic heterocycles. The van der Waals surface area contributed by atoms with Crippen LogP contribution >= 0.6 is 0 Å². The van der Waals surface area contributed by atoms with Crippen molar-refractivity contribution in [2.75, 3.05) is 30.3 Å². The Morgan fingerprint density at radius 2 is 1.81 bits per heavy atom. The Kier molecular flexibility index (Phi) is 4.35. The molecule has 0 bridgehead atoms. The van der Waals surface area contributed by atoms with Crippen molar-refractivity contribution < 1.29 is 21.6 Å². The number of oxazole rings is 1. The number of hydrogen-bond donors (Lipinski definition) is 1. The summed E-state index contributed by atoms with van der Waals surface area (Å²) in [5, 5.41) is 0. The Morgan fingerprint density at radius 1 is 1.15 bits per heavy atom. The van der Waals surface area contributed by atoms with Gasteiger partial charge in [-0.15, -0.1) is 0 Å². The van der Waals surface area contributed by atoms with Gasteiger partial charge >= 0.3 is 0 Å². The van der Waals surface area contributed by atoms with E-state index in [0.29, 0.717) is 22.2 Å². The van der Waals surface area contributed by atoms with Crippen LogP contribution in [-0.4, -0.2) is 42.9 Å². The molecule has 1 aromatic heterocycles. The van der Waals surface area contributed by atoms with E-state index in [1.165, 1.54) is 12.1 Å². The minimum Gasteiger partial charge on any atom is -0.423 e. The van der Waals surface area contributed by atoms with E-state index in [9.17, 15) is 17.2 Å². The van der Waals surface area contributed by atoms with Crippen LogP contribution in [0.15, 0.2) is 34.7 Å². The van der Waals surface area contributed by atoms with E-state index in [1.807, 2.05) is 0 Å². The topological polar surface area (TPSA) is 89.4 Å². The Morgan fingerprint density at radius 3 is 2.48 bits per heavy atom. The van der Waals surface area contributed by atoms with E-state index in [-0.39, 0.29) is 42.7 Å². The van der Waals surface area contributed by atoms with E-state index >= 15 is 0 Å². The molecule has 4 rings (SSSR count). The molecule has 142 valence electrons. The van der Waals surface area contributed by atoms with Crippen LogP contribution in [-0.2, 0) is 16.4 Å². The molecular formula is C18H17F2N3O3S. The zero-order valence-corrected chi connectivity index (χ0v) is 15.1. The quantitative estimate of drug-likeness (QED) is 0.736. The summed E-state index contributed by atoms with van der Waals surface area (Å²) in [6.07, 6.45) is 0. The molecule has 0 saturated carbocycles. The average molecular weight is 393 g/mol. The first kappa shape index (κ1) is 17.9. The van der Waals surface area contributed by atoms with Gasteiger partial charge in [-0.25, -0.2) is 17.2 Å². The lowest BCUT2D eigenvalue weighted by Gasteiger charge is -2.26. The van der Waals surface area contributed by atoms with Crippen LogP contribution in [0.25, 0.3) is 22.2 Å². The first-order chi connectivity index (χ1) is 12.8. The zero-order chi connectivity index (χ0) is 19.2. The summed E-state index contributed by atoms with van der Waals surface area (Å²) in [5.74, 6) is -1.38. The van der Waals surface area contributed by atoms with Crippen LogP contribution in [0.5, 0.6) is 0 Å². The Labute approximate surface area is 154 Å². The highest BCUT2D eigenvalue weighted by Gasteiger charge is 2.24. The number of nitrogens with two attached hydrogens (primary N) is 1. The third-order valence-electron chi connectivity index (χ3n) is 4.70. The van der Waals surface area contributed by atoms with Crippen LogP contribution in [0.2, 0.25) is 0 Å². The van der Waals surface area contributed by atoms with Crippen LogP contribution in [0.3, 0.4) is 0 Å². The van der Waals surface area contributed by atoms with Crippen molar-refractivity contribution in [2.45, 2.75) is 6.54 Å². The van der Waals surface area contributed by atoms with E-state index in [0.717, 1.165) is 0 Å². The second kappa shape index (κ2) is 6.58. The molecule has 0 unspecified atom stereocenters. The number of hydrogen-bond acceptors (Lipinski definition) is 6. The van der Waals surface area contributed by atoms with Crippen molar-refractivity contribution in [3.05, 3.63) is 47.5 Å². The zero-order valence-electron chi connectivity index (χ0n) is 14.3. The number of rotatable bonds is 3. The Bertz CT molecular complexity index is 1090. The van der Waals surface area contributed by atoms with Crippen LogP contribution in [0.4, 0.5) is 14.8 Å². The Hall–Kier alpha value is -2.52. The van der Waals surface area contributed by atoms with Gasteiger partial charge in [0, 0.05) is 30.8 Å². The largest absolute Gasteiger partial charge is 0.423 e. The van der Waals surface area contributed by atoms with Gasteiger partial charge in [0.2, 0.25) is 0 Å². The molecule has 3 aromatic rings. The second-order valence-corrected chi connectivity index (χ2v) is 8.86. The minimum absolute atomic E-state index is 0.00321. The Balaban J connectivity index is 1.66. The van der Waals surface area contributed by atoms with E-state index in [2.05, 4.69) is 4.98 Å². The standard InChI is InChI=1S/C18H17F2N3O3S/c19-14-8-11(12-2-1-3-16-17(12)26-18(21)22-16)9-15(20)13(14)10-23-4-6-27(24,25)7-5-23/h1-3,8-9H,4-7,10H2,(H2,21,22). The SMILES string of the molecule is Nc1nc2cccc(-c3cc(F)c(CN4CCS(=O)(=O)CC4)c(F)c3)c2o1. The highest BCUT2D eigenvalue weighted by molar-refractivity contribution is 7.91. The van der Waals surface area contributed by atoms with Crippen molar-refractivity contribution in [1.82, 2.24) is 9.88 Å². The molecule has 1 saturated heterocycles. The summed E-state index contributed by atoms with van der Waals surface area (Å²) in [6, 6.07) is 7.55. The molecule has 0 amide bonds. The third kappa shape index (κ3) is 3.52. The van der Waals surface area contributed by atoms with Gasteiger partial charge in [0.25, 0.3) is 6.01 Å². The third-order valence-corrected chi connectivity index (χ3v) is 6.31. The fraction of sp³-hybridized carbons (Fsp3) is 0.278. The molecule has 6 nitrogen and oxygen atoms in total. The van der Waals surface area contributed by atoms with Crippen molar-refractivity contribution in [2.24, 2.45) is 0 Å².